The van der Waals surface area contributed by atoms with Crippen molar-refractivity contribution in [1.82, 2.24) is 0 Å². The normalized spacial score (nSPS) is 26.2. The molecule has 0 aromatic heterocycles. The summed E-state index contributed by atoms with van der Waals surface area (Å²) in [6.07, 6.45) is 0.0138. The number of nitriles is 1. The SMILES string of the molecule is CC1OCc2ccccc2C1C#N. The Morgan fingerprint density at radius 3 is 3.00 bits per heavy atom. The van der Waals surface area contributed by atoms with Crippen molar-refractivity contribution in [2.45, 2.75) is 25.6 Å². The van der Waals surface area contributed by atoms with E-state index in [1.54, 1.807) is 0 Å². The number of hydrogen-bond donors (Lipinski definition) is 0. The van der Waals surface area contributed by atoms with Gasteiger partial charge in [0.1, 0.15) is 0 Å². The van der Waals surface area contributed by atoms with Crippen LogP contribution in [0.2, 0.25) is 0 Å². The highest BCUT2D eigenvalue weighted by atomic mass is 16.5. The van der Waals surface area contributed by atoms with Crippen molar-refractivity contribution in [2.75, 3.05) is 0 Å². The van der Waals surface area contributed by atoms with Gasteiger partial charge in [-0.05, 0) is 18.1 Å². The maximum Gasteiger partial charge on any atom is 0.0975 e. The van der Waals surface area contributed by atoms with E-state index in [0.717, 1.165) is 11.1 Å². The highest BCUT2D eigenvalue weighted by Gasteiger charge is 2.26. The van der Waals surface area contributed by atoms with Gasteiger partial charge >= 0.3 is 0 Å². The minimum Gasteiger partial charge on any atom is -0.372 e. The Hall–Kier alpha value is -1.33. The van der Waals surface area contributed by atoms with E-state index in [2.05, 4.69) is 6.07 Å². The summed E-state index contributed by atoms with van der Waals surface area (Å²) in [5, 5.41) is 8.98. The van der Waals surface area contributed by atoms with Crippen LogP contribution in [0.4, 0.5) is 0 Å². The second-order valence-corrected chi connectivity index (χ2v) is 3.32. The predicted molar refractivity (Wildman–Crippen MR) is 49.0 cm³/mol. The molecule has 2 unspecified atom stereocenters. The van der Waals surface area contributed by atoms with Crippen LogP contribution in [0, 0.1) is 11.3 Å². The first kappa shape index (κ1) is 8.28. The largest absolute Gasteiger partial charge is 0.372 e. The number of fused-ring (bicyclic) bond motifs is 1. The van der Waals surface area contributed by atoms with Gasteiger partial charge in [0.05, 0.1) is 24.7 Å². The van der Waals surface area contributed by atoms with Gasteiger partial charge in [0.25, 0.3) is 0 Å². The second kappa shape index (κ2) is 3.20. The summed E-state index contributed by atoms with van der Waals surface area (Å²) in [5.74, 6) is -0.107. The topological polar surface area (TPSA) is 33.0 Å². The Kier molecular flexibility index (Phi) is 2.03. The third-order valence-corrected chi connectivity index (χ3v) is 2.50. The average molecular weight is 173 g/mol. The molecule has 2 heteroatoms. The Morgan fingerprint density at radius 2 is 2.23 bits per heavy atom. The number of benzene rings is 1. The first-order valence-electron chi connectivity index (χ1n) is 4.42. The fraction of sp³-hybridized carbons (Fsp3) is 0.364. The molecule has 1 heterocycles. The molecule has 0 aliphatic carbocycles. The van der Waals surface area contributed by atoms with Crippen molar-refractivity contribution in [1.29, 1.82) is 5.26 Å². The molecule has 2 rings (SSSR count). The zero-order valence-corrected chi connectivity index (χ0v) is 7.53. The van der Waals surface area contributed by atoms with Crippen LogP contribution in [0.3, 0.4) is 0 Å². The summed E-state index contributed by atoms with van der Waals surface area (Å²) in [5.41, 5.74) is 2.27. The Bertz CT molecular complexity index is 353. The molecule has 0 saturated heterocycles. The molecule has 1 aliphatic heterocycles. The van der Waals surface area contributed by atoms with Gasteiger partial charge < -0.3 is 4.74 Å². The van der Waals surface area contributed by atoms with Crippen molar-refractivity contribution in [3.8, 4) is 6.07 Å². The summed E-state index contributed by atoms with van der Waals surface area (Å²) in [4.78, 5) is 0. The lowest BCUT2D eigenvalue weighted by molar-refractivity contribution is 0.0319. The predicted octanol–water partition coefficient (Wildman–Crippen LogP) is 2.21. The lowest BCUT2D eigenvalue weighted by Gasteiger charge is -2.26. The van der Waals surface area contributed by atoms with Crippen molar-refractivity contribution in [3.63, 3.8) is 0 Å². The van der Waals surface area contributed by atoms with E-state index in [1.165, 1.54) is 0 Å². The fourth-order valence-corrected chi connectivity index (χ4v) is 1.71. The van der Waals surface area contributed by atoms with E-state index in [-0.39, 0.29) is 12.0 Å². The monoisotopic (exact) mass is 173 g/mol. The molecule has 0 spiro atoms. The molecule has 13 heavy (non-hydrogen) atoms. The molecule has 0 fully saturated rings. The third kappa shape index (κ3) is 1.32. The zero-order chi connectivity index (χ0) is 9.26. The van der Waals surface area contributed by atoms with Crippen LogP contribution in [0.5, 0.6) is 0 Å². The van der Waals surface area contributed by atoms with Crippen molar-refractivity contribution < 1.29 is 4.74 Å². The van der Waals surface area contributed by atoms with Gasteiger partial charge in [0, 0.05) is 0 Å². The summed E-state index contributed by atoms with van der Waals surface area (Å²) in [7, 11) is 0. The molecular weight excluding hydrogens is 162 g/mol. The molecular formula is C11H11NO. The van der Waals surface area contributed by atoms with Gasteiger partial charge in [0.15, 0.2) is 0 Å². The van der Waals surface area contributed by atoms with Gasteiger partial charge in [-0.3, -0.25) is 0 Å². The second-order valence-electron chi connectivity index (χ2n) is 3.32. The number of ether oxygens (including phenoxy) is 1. The molecule has 1 aliphatic rings. The average Bonchev–Trinajstić information content (AvgIpc) is 2.18. The number of nitrogens with zero attached hydrogens (tertiary/aromatic N) is 1. The van der Waals surface area contributed by atoms with Gasteiger partial charge in [-0.1, -0.05) is 24.3 Å². The summed E-state index contributed by atoms with van der Waals surface area (Å²) < 4.78 is 5.49. The van der Waals surface area contributed by atoms with Crippen molar-refractivity contribution in [2.24, 2.45) is 0 Å². The first-order valence-corrected chi connectivity index (χ1v) is 4.42. The Morgan fingerprint density at radius 1 is 1.46 bits per heavy atom. The van der Waals surface area contributed by atoms with E-state index < -0.39 is 0 Å². The van der Waals surface area contributed by atoms with E-state index in [1.807, 2.05) is 31.2 Å². The molecule has 1 aromatic carbocycles. The lowest BCUT2D eigenvalue weighted by Crippen LogP contribution is -2.24. The van der Waals surface area contributed by atoms with Gasteiger partial charge in [-0.2, -0.15) is 5.26 Å². The summed E-state index contributed by atoms with van der Waals surface area (Å²) in [6.45, 7) is 2.58. The summed E-state index contributed by atoms with van der Waals surface area (Å²) >= 11 is 0. The van der Waals surface area contributed by atoms with E-state index in [9.17, 15) is 0 Å². The molecule has 0 amide bonds. The van der Waals surface area contributed by atoms with Crippen LogP contribution >= 0.6 is 0 Å². The van der Waals surface area contributed by atoms with E-state index in [4.69, 9.17) is 10.00 Å². The van der Waals surface area contributed by atoms with E-state index >= 15 is 0 Å². The van der Waals surface area contributed by atoms with Gasteiger partial charge in [-0.25, -0.2) is 0 Å². The maximum absolute atomic E-state index is 8.98. The van der Waals surface area contributed by atoms with Gasteiger partial charge in [-0.15, -0.1) is 0 Å². The Balaban J connectivity index is 2.46. The molecule has 2 nitrogen and oxygen atoms in total. The Labute approximate surface area is 77.8 Å². The zero-order valence-electron chi connectivity index (χ0n) is 7.53. The third-order valence-electron chi connectivity index (χ3n) is 2.50. The number of hydrogen-bond acceptors (Lipinski definition) is 2. The van der Waals surface area contributed by atoms with Crippen LogP contribution < -0.4 is 0 Å². The van der Waals surface area contributed by atoms with Crippen molar-refractivity contribution >= 4 is 0 Å². The van der Waals surface area contributed by atoms with Crippen LogP contribution in [0.15, 0.2) is 24.3 Å². The molecule has 0 radical (unpaired) electrons. The van der Waals surface area contributed by atoms with Gasteiger partial charge in [0.2, 0.25) is 0 Å². The standard InChI is InChI=1S/C11H11NO/c1-8-11(6-12)10-5-3-2-4-9(10)7-13-8/h2-5,8,11H,7H2,1H3. The van der Waals surface area contributed by atoms with Crippen LogP contribution in [-0.2, 0) is 11.3 Å². The first-order chi connectivity index (χ1) is 6.33. The number of rotatable bonds is 0. The molecule has 0 bridgehead atoms. The minimum absolute atomic E-state index is 0.0138. The highest BCUT2D eigenvalue weighted by Crippen LogP contribution is 2.30. The van der Waals surface area contributed by atoms with Crippen molar-refractivity contribution in [3.05, 3.63) is 35.4 Å². The molecule has 2 atom stereocenters. The van der Waals surface area contributed by atoms with Crippen LogP contribution in [0.25, 0.3) is 0 Å². The minimum atomic E-state index is -0.107. The maximum atomic E-state index is 8.98. The van der Waals surface area contributed by atoms with E-state index in [0.29, 0.717) is 6.61 Å². The van der Waals surface area contributed by atoms with Crippen LogP contribution in [-0.4, -0.2) is 6.10 Å². The smallest absolute Gasteiger partial charge is 0.0975 e. The molecule has 1 aromatic rings. The summed E-state index contributed by atoms with van der Waals surface area (Å²) in [6, 6.07) is 10.3. The highest BCUT2D eigenvalue weighted by molar-refractivity contribution is 5.35. The fourth-order valence-electron chi connectivity index (χ4n) is 1.71. The molecule has 66 valence electrons. The lowest BCUT2D eigenvalue weighted by atomic mass is 9.89. The molecule has 0 saturated carbocycles. The molecule has 0 N–H and O–H groups in total. The van der Waals surface area contributed by atoms with Crippen LogP contribution in [0.1, 0.15) is 24.0 Å². The quantitative estimate of drug-likeness (QED) is 0.602.